The Morgan fingerprint density at radius 3 is 2.37 bits per heavy atom. The van der Waals surface area contributed by atoms with Gasteiger partial charge in [0.1, 0.15) is 0 Å². The van der Waals surface area contributed by atoms with Crippen LogP contribution in [0, 0.1) is 0 Å². The zero-order valence-electron chi connectivity index (χ0n) is 11.1. The van der Waals surface area contributed by atoms with Crippen molar-refractivity contribution in [3.63, 3.8) is 0 Å². The van der Waals surface area contributed by atoms with Crippen molar-refractivity contribution in [2.24, 2.45) is 0 Å². The van der Waals surface area contributed by atoms with Crippen LogP contribution >= 0.6 is 11.8 Å². The molecule has 19 heavy (non-hydrogen) atoms. The minimum absolute atomic E-state index is 0.160. The van der Waals surface area contributed by atoms with E-state index in [0.29, 0.717) is 11.1 Å². The monoisotopic (exact) mass is 276 g/mol. The first-order valence-corrected chi connectivity index (χ1v) is 6.73. The molecule has 0 aliphatic rings. The average molecular weight is 276 g/mol. The number of ether oxygens (including phenoxy) is 1. The molecule has 0 fully saturated rings. The van der Waals surface area contributed by atoms with Gasteiger partial charge < -0.3 is 10.5 Å². The van der Waals surface area contributed by atoms with Gasteiger partial charge in [-0.05, 0) is 35.4 Å². The van der Waals surface area contributed by atoms with Gasteiger partial charge >= 0.3 is 6.01 Å². The van der Waals surface area contributed by atoms with Gasteiger partial charge in [-0.1, -0.05) is 26.0 Å². The van der Waals surface area contributed by atoms with Crippen LogP contribution in [0.25, 0.3) is 0 Å². The fourth-order valence-corrected chi connectivity index (χ4v) is 2.26. The Kier molecular flexibility index (Phi) is 4.21. The van der Waals surface area contributed by atoms with Crippen molar-refractivity contribution < 1.29 is 4.74 Å². The smallest absolute Gasteiger partial charge is 0.321 e. The molecule has 1 aromatic heterocycles. The van der Waals surface area contributed by atoms with E-state index in [0.717, 1.165) is 4.90 Å². The van der Waals surface area contributed by atoms with E-state index in [1.807, 2.05) is 12.1 Å². The molecule has 2 aromatic rings. The van der Waals surface area contributed by atoms with Gasteiger partial charge in [-0.2, -0.15) is 15.0 Å². The lowest BCUT2D eigenvalue weighted by Crippen LogP contribution is -2.01. The Hall–Kier alpha value is -1.82. The van der Waals surface area contributed by atoms with E-state index < -0.39 is 0 Å². The van der Waals surface area contributed by atoms with Gasteiger partial charge in [-0.25, -0.2) is 0 Å². The number of nitrogens with two attached hydrogens (primary N) is 1. The standard InChI is InChI=1S/C13H16N4OS/c1-8(2)9-4-6-10(7-5-9)19-13-16-11(14)15-12(17-13)18-3/h4-8H,1-3H3,(H2,14,15,16,17). The van der Waals surface area contributed by atoms with E-state index in [1.165, 1.54) is 24.4 Å². The molecule has 0 aliphatic carbocycles. The number of hydrogen-bond acceptors (Lipinski definition) is 6. The van der Waals surface area contributed by atoms with Gasteiger partial charge in [-0.15, -0.1) is 0 Å². The fraction of sp³-hybridized carbons (Fsp3) is 0.308. The number of rotatable bonds is 4. The molecule has 2 rings (SSSR count). The molecule has 0 radical (unpaired) electrons. The molecule has 0 bridgehead atoms. The number of hydrogen-bond donors (Lipinski definition) is 1. The van der Waals surface area contributed by atoms with Crippen molar-refractivity contribution in [1.82, 2.24) is 15.0 Å². The number of methoxy groups -OCH3 is 1. The minimum Gasteiger partial charge on any atom is -0.467 e. The molecule has 0 spiro atoms. The predicted octanol–water partition coefficient (Wildman–Crippen LogP) is 2.74. The Morgan fingerprint density at radius 2 is 1.79 bits per heavy atom. The summed E-state index contributed by atoms with van der Waals surface area (Å²) in [5, 5.41) is 0.529. The quantitative estimate of drug-likeness (QED) is 0.925. The zero-order chi connectivity index (χ0) is 13.8. The highest BCUT2D eigenvalue weighted by Crippen LogP contribution is 2.27. The van der Waals surface area contributed by atoms with Crippen molar-refractivity contribution in [2.75, 3.05) is 12.8 Å². The zero-order valence-corrected chi connectivity index (χ0v) is 11.9. The second kappa shape index (κ2) is 5.88. The number of anilines is 1. The molecule has 0 saturated heterocycles. The topological polar surface area (TPSA) is 73.9 Å². The molecule has 0 unspecified atom stereocenters. The lowest BCUT2D eigenvalue weighted by molar-refractivity contribution is 0.374. The summed E-state index contributed by atoms with van der Waals surface area (Å²) in [7, 11) is 1.50. The highest BCUT2D eigenvalue weighted by molar-refractivity contribution is 7.99. The second-order valence-electron chi connectivity index (χ2n) is 4.29. The maximum atomic E-state index is 5.60. The molecular weight excluding hydrogens is 260 g/mol. The summed E-state index contributed by atoms with van der Waals surface area (Å²) in [6.45, 7) is 4.33. The van der Waals surface area contributed by atoms with E-state index in [-0.39, 0.29) is 12.0 Å². The molecule has 1 heterocycles. The highest BCUT2D eigenvalue weighted by atomic mass is 32.2. The minimum atomic E-state index is 0.160. The molecule has 0 atom stereocenters. The first-order chi connectivity index (χ1) is 9.08. The number of aromatic nitrogens is 3. The van der Waals surface area contributed by atoms with Gasteiger partial charge in [-0.3, -0.25) is 0 Å². The van der Waals surface area contributed by atoms with Crippen LogP contribution in [-0.2, 0) is 0 Å². The molecule has 2 N–H and O–H groups in total. The van der Waals surface area contributed by atoms with E-state index in [1.54, 1.807) is 0 Å². The van der Waals surface area contributed by atoms with Crippen molar-refractivity contribution >= 4 is 17.7 Å². The van der Waals surface area contributed by atoms with Crippen LogP contribution in [0.5, 0.6) is 6.01 Å². The van der Waals surface area contributed by atoms with Gasteiger partial charge in [0.05, 0.1) is 7.11 Å². The molecular formula is C13H16N4OS. The van der Waals surface area contributed by atoms with E-state index >= 15 is 0 Å². The number of benzene rings is 1. The lowest BCUT2D eigenvalue weighted by atomic mass is 10.0. The molecule has 0 amide bonds. The predicted molar refractivity (Wildman–Crippen MR) is 75.4 cm³/mol. The third-order valence-electron chi connectivity index (χ3n) is 2.55. The van der Waals surface area contributed by atoms with Gasteiger partial charge in [0.25, 0.3) is 0 Å². The number of nitrogen functional groups attached to an aromatic ring is 1. The van der Waals surface area contributed by atoms with Crippen LogP contribution in [-0.4, -0.2) is 22.1 Å². The van der Waals surface area contributed by atoms with Crippen molar-refractivity contribution in [2.45, 2.75) is 29.8 Å². The summed E-state index contributed by atoms with van der Waals surface area (Å²) in [5.41, 5.74) is 6.90. The lowest BCUT2D eigenvalue weighted by Gasteiger charge is -2.06. The van der Waals surface area contributed by atoms with Crippen LogP contribution < -0.4 is 10.5 Å². The Bertz CT molecular complexity index is 557. The van der Waals surface area contributed by atoms with Gasteiger partial charge in [0.15, 0.2) is 0 Å². The van der Waals surface area contributed by atoms with E-state index in [2.05, 4.69) is 40.9 Å². The van der Waals surface area contributed by atoms with Crippen LogP contribution in [0.3, 0.4) is 0 Å². The van der Waals surface area contributed by atoms with Gasteiger partial charge in [0.2, 0.25) is 11.1 Å². The largest absolute Gasteiger partial charge is 0.467 e. The summed E-state index contributed by atoms with van der Waals surface area (Å²) < 4.78 is 4.97. The van der Waals surface area contributed by atoms with Gasteiger partial charge in [0, 0.05) is 4.90 Å². The molecule has 0 aliphatic heterocycles. The Labute approximate surface area is 116 Å². The normalized spacial score (nSPS) is 10.7. The van der Waals surface area contributed by atoms with E-state index in [4.69, 9.17) is 10.5 Å². The highest BCUT2D eigenvalue weighted by Gasteiger charge is 2.07. The first-order valence-electron chi connectivity index (χ1n) is 5.92. The van der Waals surface area contributed by atoms with Crippen molar-refractivity contribution in [3.8, 4) is 6.01 Å². The Balaban J connectivity index is 2.18. The van der Waals surface area contributed by atoms with Crippen molar-refractivity contribution in [3.05, 3.63) is 29.8 Å². The maximum absolute atomic E-state index is 5.60. The molecule has 1 aromatic carbocycles. The Morgan fingerprint density at radius 1 is 1.11 bits per heavy atom. The summed E-state index contributed by atoms with van der Waals surface area (Å²) in [6.07, 6.45) is 0. The summed E-state index contributed by atoms with van der Waals surface area (Å²) >= 11 is 1.43. The summed E-state index contributed by atoms with van der Waals surface area (Å²) in [4.78, 5) is 13.1. The first kappa shape index (κ1) is 13.6. The average Bonchev–Trinajstić information content (AvgIpc) is 2.38. The molecule has 0 saturated carbocycles. The summed E-state index contributed by atoms with van der Waals surface area (Å²) in [5.74, 6) is 0.681. The summed E-state index contributed by atoms with van der Waals surface area (Å²) in [6, 6.07) is 8.54. The second-order valence-corrected chi connectivity index (χ2v) is 5.33. The van der Waals surface area contributed by atoms with Crippen molar-refractivity contribution in [1.29, 1.82) is 0 Å². The van der Waals surface area contributed by atoms with Crippen LogP contribution in [0.15, 0.2) is 34.3 Å². The SMILES string of the molecule is COc1nc(N)nc(Sc2ccc(C(C)C)cc2)n1. The molecule has 5 nitrogen and oxygen atoms in total. The van der Waals surface area contributed by atoms with Crippen LogP contribution in [0.1, 0.15) is 25.3 Å². The maximum Gasteiger partial charge on any atom is 0.321 e. The third-order valence-corrected chi connectivity index (χ3v) is 3.42. The molecule has 100 valence electrons. The van der Waals surface area contributed by atoms with E-state index in [9.17, 15) is 0 Å². The third kappa shape index (κ3) is 3.57. The van der Waals surface area contributed by atoms with Crippen LogP contribution in [0.4, 0.5) is 5.95 Å². The fourth-order valence-electron chi connectivity index (χ4n) is 1.52. The van der Waals surface area contributed by atoms with Crippen LogP contribution in [0.2, 0.25) is 0 Å². The molecule has 6 heteroatoms. The number of nitrogens with zero attached hydrogens (tertiary/aromatic N) is 3.